The monoisotopic (exact) mass is 268 g/mol. The van der Waals surface area contributed by atoms with E-state index in [0.717, 1.165) is 18.0 Å². The molecule has 0 aromatic carbocycles. The molecule has 0 aromatic rings. The second-order valence-corrected chi connectivity index (χ2v) is 6.96. The normalized spacial score (nSPS) is 25.7. The number of hydrogen-bond acceptors (Lipinski definition) is 2. The molecular weight excluding hydrogens is 232 g/mol. The van der Waals surface area contributed by atoms with E-state index in [2.05, 4.69) is 51.8 Å². The fourth-order valence-corrected chi connectivity index (χ4v) is 3.57. The van der Waals surface area contributed by atoms with Crippen molar-refractivity contribution in [3.63, 3.8) is 0 Å². The summed E-state index contributed by atoms with van der Waals surface area (Å²) in [5.41, 5.74) is 0.357. The smallest absolute Gasteiger partial charge is 0.0304 e. The fourth-order valence-electron chi connectivity index (χ4n) is 3.57. The lowest BCUT2D eigenvalue weighted by Crippen LogP contribution is -2.65. The second-order valence-electron chi connectivity index (χ2n) is 6.96. The van der Waals surface area contributed by atoms with E-state index >= 15 is 0 Å². The number of nitrogens with zero attached hydrogens (tertiary/aromatic N) is 1. The quantitative estimate of drug-likeness (QED) is 0.749. The van der Waals surface area contributed by atoms with Crippen LogP contribution in [0.4, 0.5) is 0 Å². The molecule has 1 fully saturated rings. The summed E-state index contributed by atoms with van der Waals surface area (Å²) in [7, 11) is 0. The summed E-state index contributed by atoms with van der Waals surface area (Å²) in [6.45, 7) is 16.5. The molecule has 1 heterocycles. The molecule has 1 aliphatic rings. The first-order valence-electron chi connectivity index (χ1n) is 8.48. The average Bonchev–Trinajstić information content (AvgIpc) is 2.39. The minimum atomic E-state index is 0.357. The molecule has 0 amide bonds. The molecule has 0 bridgehead atoms. The summed E-state index contributed by atoms with van der Waals surface area (Å²) in [5, 5.41) is 3.87. The van der Waals surface area contributed by atoms with Crippen molar-refractivity contribution >= 4 is 0 Å². The van der Waals surface area contributed by atoms with Crippen molar-refractivity contribution in [2.45, 2.75) is 91.3 Å². The zero-order chi connectivity index (χ0) is 14.5. The third-order valence-electron chi connectivity index (χ3n) is 5.04. The first-order chi connectivity index (χ1) is 8.98. The molecule has 1 saturated heterocycles. The van der Waals surface area contributed by atoms with Gasteiger partial charge in [-0.1, -0.05) is 41.0 Å². The van der Waals surface area contributed by atoms with Gasteiger partial charge in [0.05, 0.1) is 0 Å². The van der Waals surface area contributed by atoms with E-state index in [9.17, 15) is 0 Å². The maximum atomic E-state index is 3.87. The highest BCUT2D eigenvalue weighted by molar-refractivity contribution is 4.98. The van der Waals surface area contributed by atoms with E-state index in [1.54, 1.807) is 0 Å². The summed E-state index contributed by atoms with van der Waals surface area (Å²) < 4.78 is 0. The van der Waals surface area contributed by atoms with Crippen LogP contribution < -0.4 is 5.32 Å². The molecular formula is C17H36N2. The van der Waals surface area contributed by atoms with Gasteiger partial charge in [-0.25, -0.2) is 0 Å². The van der Waals surface area contributed by atoms with Crippen LogP contribution in [0.15, 0.2) is 0 Å². The number of nitrogens with one attached hydrogen (secondary N) is 1. The lowest BCUT2D eigenvalue weighted by atomic mass is 9.85. The molecule has 2 nitrogen and oxygen atoms in total. The Morgan fingerprint density at radius 2 is 1.79 bits per heavy atom. The van der Waals surface area contributed by atoms with Crippen LogP contribution in [0.1, 0.15) is 73.6 Å². The van der Waals surface area contributed by atoms with Gasteiger partial charge in [0.2, 0.25) is 0 Å². The standard InChI is InChI=1S/C17H36N2/c1-7-10-15(6)19-13-17(8-2,9-3)18-12-16(19)11-14(4)5/h14-16,18H,7-13H2,1-6H3. The highest BCUT2D eigenvalue weighted by Crippen LogP contribution is 2.28. The highest BCUT2D eigenvalue weighted by atomic mass is 15.3. The van der Waals surface area contributed by atoms with E-state index in [-0.39, 0.29) is 0 Å². The minimum Gasteiger partial charge on any atom is -0.308 e. The van der Waals surface area contributed by atoms with Crippen molar-refractivity contribution in [1.82, 2.24) is 10.2 Å². The van der Waals surface area contributed by atoms with Crippen LogP contribution in [0.25, 0.3) is 0 Å². The number of hydrogen-bond donors (Lipinski definition) is 1. The van der Waals surface area contributed by atoms with Crippen molar-refractivity contribution in [2.75, 3.05) is 13.1 Å². The summed E-state index contributed by atoms with van der Waals surface area (Å²) in [5.74, 6) is 0.791. The van der Waals surface area contributed by atoms with Gasteiger partial charge in [0.1, 0.15) is 0 Å². The van der Waals surface area contributed by atoms with E-state index < -0.39 is 0 Å². The third-order valence-corrected chi connectivity index (χ3v) is 5.04. The number of piperazine rings is 1. The Labute approximate surface area is 121 Å². The molecule has 1 aliphatic heterocycles. The largest absolute Gasteiger partial charge is 0.308 e. The second kappa shape index (κ2) is 7.64. The van der Waals surface area contributed by atoms with Crippen LogP contribution in [0.5, 0.6) is 0 Å². The molecule has 1 N–H and O–H groups in total. The zero-order valence-electron chi connectivity index (χ0n) is 14.1. The van der Waals surface area contributed by atoms with E-state index in [4.69, 9.17) is 0 Å². The van der Waals surface area contributed by atoms with E-state index in [1.165, 1.54) is 45.2 Å². The molecule has 0 aromatic heterocycles. The Balaban J connectivity index is 2.79. The summed E-state index contributed by atoms with van der Waals surface area (Å²) in [4.78, 5) is 2.81. The third kappa shape index (κ3) is 4.46. The Bertz CT molecular complexity index is 246. The van der Waals surface area contributed by atoms with Gasteiger partial charge in [-0.05, 0) is 38.5 Å². The molecule has 114 valence electrons. The van der Waals surface area contributed by atoms with Crippen LogP contribution >= 0.6 is 0 Å². The van der Waals surface area contributed by atoms with Crippen molar-refractivity contribution in [3.05, 3.63) is 0 Å². The van der Waals surface area contributed by atoms with Gasteiger partial charge in [-0.15, -0.1) is 0 Å². The predicted molar refractivity (Wildman–Crippen MR) is 85.6 cm³/mol. The van der Waals surface area contributed by atoms with Gasteiger partial charge in [-0.2, -0.15) is 0 Å². The van der Waals surface area contributed by atoms with E-state index in [1.807, 2.05) is 0 Å². The lowest BCUT2D eigenvalue weighted by Gasteiger charge is -2.50. The lowest BCUT2D eigenvalue weighted by molar-refractivity contribution is 0.0303. The van der Waals surface area contributed by atoms with Gasteiger partial charge in [-0.3, -0.25) is 4.90 Å². The Kier molecular flexibility index (Phi) is 6.82. The predicted octanol–water partition coefficient (Wildman–Crippen LogP) is 4.05. The number of rotatable bonds is 7. The van der Waals surface area contributed by atoms with Gasteiger partial charge >= 0.3 is 0 Å². The molecule has 0 radical (unpaired) electrons. The van der Waals surface area contributed by atoms with Gasteiger partial charge in [0.25, 0.3) is 0 Å². The SMILES string of the molecule is CCCC(C)N1CC(CC)(CC)NCC1CC(C)C. The summed E-state index contributed by atoms with van der Waals surface area (Å²) in [6.07, 6.45) is 6.44. The minimum absolute atomic E-state index is 0.357. The topological polar surface area (TPSA) is 15.3 Å². The van der Waals surface area contributed by atoms with Crippen LogP contribution in [-0.2, 0) is 0 Å². The molecule has 0 aliphatic carbocycles. The van der Waals surface area contributed by atoms with Crippen LogP contribution in [0.3, 0.4) is 0 Å². The molecule has 2 atom stereocenters. The summed E-state index contributed by atoms with van der Waals surface area (Å²) in [6, 6.07) is 1.46. The van der Waals surface area contributed by atoms with Gasteiger partial charge in [0.15, 0.2) is 0 Å². The van der Waals surface area contributed by atoms with Crippen LogP contribution in [0.2, 0.25) is 0 Å². The van der Waals surface area contributed by atoms with Crippen molar-refractivity contribution < 1.29 is 0 Å². The molecule has 0 spiro atoms. The fraction of sp³-hybridized carbons (Fsp3) is 1.00. The maximum Gasteiger partial charge on any atom is 0.0304 e. The zero-order valence-corrected chi connectivity index (χ0v) is 14.1. The first kappa shape index (κ1) is 17.0. The van der Waals surface area contributed by atoms with Gasteiger partial charge in [0, 0.05) is 30.7 Å². The van der Waals surface area contributed by atoms with Crippen molar-refractivity contribution in [2.24, 2.45) is 5.92 Å². The van der Waals surface area contributed by atoms with Crippen molar-refractivity contribution in [3.8, 4) is 0 Å². The van der Waals surface area contributed by atoms with E-state index in [0.29, 0.717) is 5.54 Å². The Morgan fingerprint density at radius 1 is 1.16 bits per heavy atom. The molecule has 2 heteroatoms. The molecule has 2 unspecified atom stereocenters. The Hall–Kier alpha value is -0.0800. The van der Waals surface area contributed by atoms with Crippen molar-refractivity contribution in [1.29, 1.82) is 0 Å². The summed E-state index contributed by atoms with van der Waals surface area (Å²) >= 11 is 0. The molecule has 19 heavy (non-hydrogen) atoms. The van der Waals surface area contributed by atoms with Crippen LogP contribution in [-0.4, -0.2) is 35.6 Å². The maximum absolute atomic E-state index is 3.87. The molecule has 0 saturated carbocycles. The average molecular weight is 268 g/mol. The van der Waals surface area contributed by atoms with Gasteiger partial charge < -0.3 is 5.32 Å². The molecule has 1 rings (SSSR count). The Morgan fingerprint density at radius 3 is 2.26 bits per heavy atom. The first-order valence-corrected chi connectivity index (χ1v) is 8.48. The van der Waals surface area contributed by atoms with Crippen LogP contribution in [0, 0.1) is 5.92 Å². The highest BCUT2D eigenvalue weighted by Gasteiger charge is 2.38.